The fourth-order valence-electron chi connectivity index (χ4n) is 2.23. The van der Waals surface area contributed by atoms with Crippen molar-refractivity contribution in [3.8, 4) is 0 Å². The molecule has 0 saturated carbocycles. The maximum Gasteiger partial charge on any atom is 0.326 e. The minimum Gasteiger partial charge on any atom is -0.480 e. The van der Waals surface area contributed by atoms with Crippen molar-refractivity contribution in [2.45, 2.75) is 18.9 Å². The SMILES string of the molecule is O=C(Cc1cc(F)cc(F)c1)N[C@H](Cc1ccccc1F)C(=O)O. The van der Waals surface area contributed by atoms with Crippen LogP contribution < -0.4 is 5.32 Å². The van der Waals surface area contributed by atoms with E-state index in [0.717, 1.165) is 12.1 Å². The van der Waals surface area contributed by atoms with Crippen LogP contribution in [-0.4, -0.2) is 23.0 Å². The van der Waals surface area contributed by atoms with Gasteiger partial charge in [0, 0.05) is 12.5 Å². The Labute approximate surface area is 135 Å². The molecule has 4 nitrogen and oxygen atoms in total. The molecule has 0 aliphatic carbocycles. The first-order valence-electron chi connectivity index (χ1n) is 7.05. The van der Waals surface area contributed by atoms with Gasteiger partial charge in [-0.3, -0.25) is 4.79 Å². The zero-order valence-electron chi connectivity index (χ0n) is 12.4. The van der Waals surface area contributed by atoms with Gasteiger partial charge in [0.25, 0.3) is 0 Å². The van der Waals surface area contributed by atoms with Gasteiger partial charge in [-0.1, -0.05) is 18.2 Å². The van der Waals surface area contributed by atoms with Crippen LogP contribution in [0.1, 0.15) is 11.1 Å². The van der Waals surface area contributed by atoms with Crippen molar-refractivity contribution in [3.05, 3.63) is 71.0 Å². The first kappa shape index (κ1) is 17.5. The van der Waals surface area contributed by atoms with Crippen LogP contribution in [0.5, 0.6) is 0 Å². The minimum atomic E-state index is -1.35. The van der Waals surface area contributed by atoms with Crippen LogP contribution in [0.2, 0.25) is 0 Å². The molecule has 2 aromatic carbocycles. The summed E-state index contributed by atoms with van der Waals surface area (Å²) >= 11 is 0. The van der Waals surface area contributed by atoms with Gasteiger partial charge >= 0.3 is 5.97 Å². The Kier molecular flexibility index (Phi) is 5.57. The van der Waals surface area contributed by atoms with Crippen LogP contribution in [0.15, 0.2) is 42.5 Å². The zero-order valence-corrected chi connectivity index (χ0v) is 12.4. The van der Waals surface area contributed by atoms with Crippen LogP contribution in [-0.2, 0) is 22.4 Å². The van der Waals surface area contributed by atoms with E-state index in [2.05, 4.69) is 5.32 Å². The highest BCUT2D eigenvalue weighted by Crippen LogP contribution is 2.11. The average molecular weight is 337 g/mol. The summed E-state index contributed by atoms with van der Waals surface area (Å²) in [6.45, 7) is 0. The van der Waals surface area contributed by atoms with Crippen molar-refractivity contribution < 1.29 is 27.9 Å². The highest BCUT2D eigenvalue weighted by atomic mass is 19.1. The number of carbonyl (C=O) groups is 2. The van der Waals surface area contributed by atoms with Crippen molar-refractivity contribution in [1.29, 1.82) is 0 Å². The third kappa shape index (κ3) is 4.84. The van der Waals surface area contributed by atoms with E-state index in [1.807, 2.05) is 0 Å². The maximum absolute atomic E-state index is 13.6. The summed E-state index contributed by atoms with van der Waals surface area (Å²) in [6, 6.07) is 6.89. The van der Waals surface area contributed by atoms with Crippen LogP contribution in [0.3, 0.4) is 0 Å². The molecule has 1 atom stereocenters. The molecule has 0 spiro atoms. The number of hydrogen-bond donors (Lipinski definition) is 2. The number of nitrogens with one attached hydrogen (secondary N) is 1. The molecule has 2 N–H and O–H groups in total. The fraction of sp³-hybridized carbons (Fsp3) is 0.176. The molecule has 0 unspecified atom stereocenters. The van der Waals surface area contributed by atoms with Crippen molar-refractivity contribution in [1.82, 2.24) is 5.32 Å². The number of rotatable bonds is 6. The number of amides is 1. The molecule has 0 aromatic heterocycles. The van der Waals surface area contributed by atoms with E-state index in [-0.39, 0.29) is 17.5 Å². The Morgan fingerprint density at radius 3 is 2.25 bits per heavy atom. The molecule has 0 fully saturated rings. The molecule has 0 aliphatic rings. The Hall–Kier alpha value is -2.83. The lowest BCUT2D eigenvalue weighted by molar-refractivity contribution is -0.141. The van der Waals surface area contributed by atoms with E-state index in [1.54, 1.807) is 6.07 Å². The van der Waals surface area contributed by atoms with Crippen molar-refractivity contribution >= 4 is 11.9 Å². The van der Waals surface area contributed by atoms with Gasteiger partial charge in [0.05, 0.1) is 6.42 Å². The van der Waals surface area contributed by atoms with E-state index >= 15 is 0 Å². The summed E-state index contributed by atoms with van der Waals surface area (Å²) in [4.78, 5) is 23.2. The number of carboxylic acid groups (broad SMARTS) is 1. The van der Waals surface area contributed by atoms with Crippen molar-refractivity contribution in [3.63, 3.8) is 0 Å². The molecule has 0 saturated heterocycles. The highest BCUT2D eigenvalue weighted by molar-refractivity contribution is 5.85. The Morgan fingerprint density at radius 2 is 1.67 bits per heavy atom. The third-order valence-electron chi connectivity index (χ3n) is 3.30. The first-order valence-corrected chi connectivity index (χ1v) is 7.05. The molecular weight excluding hydrogens is 323 g/mol. The van der Waals surface area contributed by atoms with Crippen LogP contribution >= 0.6 is 0 Å². The first-order chi connectivity index (χ1) is 11.3. The molecule has 0 bridgehead atoms. The van der Waals surface area contributed by atoms with Crippen LogP contribution in [0, 0.1) is 17.5 Å². The monoisotopic (exact) mass is 337 g/mol. The van der Waals surface area contributed by atoms with Crippen molar-refractivity contribution in [2.75, 3.05) is 0 Å². The second-order valence-electron chi connectivity index (χ2n) is 5.21. The molecule has 2 rings (SSSR count). The van der Waals surface area contributed by atoms with Gasteiger partial charge in [-0.25, -0.2) is 18.0 Å². The summed E-state index contributed by atoms with van der Waals surface area (Å²) < 4.78 is 39.8. The fourth-order valence-corrected chi connectivity index (χ4v) is 2.23. The lowest BCUT2D eigenvalue weighted by atomic mass is 10.0. The van der Waals surface area contributed by atoms with E-state index < -0.39 is 41.8 Å². The van der Waals surface area contributed by atoms with Gasteiger partial charge in [-0.15, -0.1) is 0 Å². The average Bonchev–Trinajstić information content (AvgIpc) is 2.47. The van der Waals surface area contributed by atoms with Gasteiger partial charge < -0.3 is 10.4 Å². The Bertz CT molecular complexity index is 744. The molecule has 7 heteroatoms. The highest BCUT2D eigenvalue weighted by Gasteiger charge is 2.22. The second kappa shape index (κ2) is 7.63. The number of halogens is 3. The molecule has 0 aliphatic heterocycles. The van der Waals surface area contributed by atoms with E-state index in [4.69, 9.17) is 0 Å². The van der Waals surface area contributed by atoms with Crippen LogP contribution in [0.4, 0.5) is 13.2 Å². The summed E-state index contributed by atoms with van der Waals surface area (Å²) in [5, 5.41) is 11.4. The summed E-state index contributed by atoms with van der Waals surface area (Å²) in [7, 11) is 0. The minimum absolute atomic E-state index is 0.0695. The van der Waals surface area contributed by atoms with Gasteiger partial charge in [-0.05, 0) is 29.3 Å². The molecule has 1 amide bonds. The molecule has 126 valence electrons. The largest absolute Gasteiger partial charge is 0.480 e. The molecule has 2 aromatic rings. The van der Waals surface area contributed by atoms with Crippen LogP contribution in [0.25, 0.3) is 0 Å². The summed E-state index contributed by atoms with van der Waals surface area (Å²) in [5.74, 6) is -4.32. The lowest BCUT2D eigenvalue weighted by Gasteiger charge is -2.15. The number of carboxylic acids is 1. The Morgan fingerprint density at radius 1 is 1.04 bits per heavy atom. The normalized spacial score (nSPS) is 11.8. The Balaban J connectivity index is 2.06. The van der Waals surface area contributed by atoms with Gasteiger partial charge in [-0.2, -0.15) is 0 Å². The van der Waals surface area contributed by atoms with E-state index in [0.29, 0.717) is 6.07 Å². The van der Waals surface area contributed by atoms with Gasteiger partial charge in [0.2, 0.25) is 5.91 Å². The topological polar surface area (TPSA) is 66.4 Å². The quantitative estimate of drug-likeness (QED) is 0.851. The maximum atomic E-state index is 13.6. The molecule has 0 heterocycles. The second-order valence-corrected chi connectivity index (χ2v) is 5.21. The zero-order chi connectivity index (χ0) is 17.7. The molecule has 0 radical (unpaired) electrons. The van der Waals surface area contributed by atoms with Gasteiger partial charge in [0.15, 0.2) is 0 Å². The van der Waals surface area contributed by atoms with Crippen molar-refractivity contribution in [2.24, 2.45) is 0 Å². The molecular formula is C17H14F3NO3. The van der Waals surface area contributed by atoms with E-state index in [9.17, 15) is 27.9 Å². The molecule has 24 heavy (non-hydrogen) atoms. The number of hydrogen-bond acceptors (Lipinski definition) is 2. The predicted molar refractivity (Wildman–Crippen MR) is 79.7 cm³/mol. The van der Waals surface area contributed by atoms with E-state index in [1.165, 1.54) is 18.2 Å². The standard InChI is InChI=1S/C17H14F3NO3/c18-12-5-10(6-13(19)9-12)7-16(22)21-15(17(23)24)8-11-3-1-2-4-14(11)20/h1-6,9,15H,7-8H2,(H,21,22)(H,23,24)/t15-/m1/s1. The summed E-state index contributed by atoms with van der Waals surface area (Å²) in [6.07, 6.45) is -0.638. The van der Waals surface area contributed by atoms with Gasteiger partial charge in [0.1, 0.15) is 23.5 Å². The number of aliphatic carboxylic acids is 1. The lowest BCUT2D eigenvalue weighted by Crippen LogP contribution is -2.43. The summed E-state index contributed by atoms with van der Waals surface area (Å²) in [5.41, 5.74) is 0.210. The number of carbonyl (C=O) groups excluding carboxylic acids is 1. The predicted octanol–water partition coefficient (Wildman–Crippen LogP) is 2.46. The number of benzene rings is 2. The smallest absolute Gasteiger partial charge is 0.326 e. The third-order valence-corrected chi connectivity index (χ3v) is 3.30.